The summed E-state index contributed by atoms with van der Waals surface area (Å²) >= 11 is 0. The van der Waals surface area contributed by atoms with Gasteiger partial charge in [-0.15, -0.1) is 0 Å². The van der Waals surface area contributed by atoms with E-state index in [-0.39, 0.29) is 12.0 Å². The van der Waals surface area contributed by atoms with Gasteiger partial charge in [-0.05, 0) is 13.8 Å². The number of carbonyl (C=O) groups is 1. The van der Waals surface area contributed by atoms with Gasteiger partial charge < -0.3 is 14.8 Å². The molecule has 2 atom stereocenters. The van der Waals surface area contributed by atoms with Crippen LogP contribution in [0.25, 0.3) is 0 Å². The molecule has 0 aromatic carbocycles. The molecule has 6 heteroatoms. The van der Waals surface area contributed by atoms with Crippen LogP contribution in [-0.2, 0) is 14.3 Å². The Balaban J connectivity index is 2.66. The highest BCUT2D eigenvalue weighted by molar-refractivity contribution is 6.09. The molecule has 0 aliphatic carbocycles. The molecule has 92 valence electrons. The van der Waals surface area contributed by atoms with E-state index in [9.17, 15) is 4.79 Å². The van der Waals surface area contributed by atoms with Gasteiger partial charge in [0, 0.05) is 14.2 Å². The zero-order valence-electron chi connectivity index (χ0n) is 10.2. The number of carbonyl (C=O) groups excluding carboxylic acids is 1. The number of nitrogens with zero attached hydrogens (tertiary/aromatic N) is 1. The van der Waals surface area contributed by atoms with Crippen molar-refractivity contribution < 1.29 is 14.3 Å². The van der Waals surface area contributed by atoms with E-state index in [0.29, 0.717) is 19.1 Å². The van der Waals surface area contributed by atoms with Gasteiger partial charge >= 0.3 is 0 Å². The fourth-order valence-electron chi connectivity index (χ4n) is 1.42. The van der Waals surface area contributed by atoms with E-state index in [1.54, 1.807) is 21.1 Å². The van der Waals surface area contributed by atoms with E-state index in [2.05, 4.69) is 15.6 Å². The van der Waals surface area contributed by atoms with Gasteiger partial charge in [-0.1, -0.05) is 0 Å². The first-order chi connectivity index (χ1) is 7.54. The maximum absolute atomic E-state index is 11.8. The third kappa shape index (κ3) is 2.51. The number of nitrogens with one attached hydrogen (secondary N) is 2. The average molecular weight is 229 g/mol. The molecule has 2 unspecified atom stereocenters. The van der Waals surface area contributed by atoms with Crippen molar-refractivity contribution >= 4 is 11.9 Å². The minimum atomic E-state index is -0.763. The van der Waals surface area contributed by atoms with Crippen molar-refractivity contribution in [2.45, 2.75) is 25.5 Å². The molecule has 0 saturated carbocycles. The zero-order valence-corrected chi connectivity index (χ0v) is 10.2. The second-order valence-electron chi connectivity index (χ2n) is 3.88. The summed E-state index contributed by atoms with van der Waals surface area (Å²) in [5.41, 5.74) is -0.763. The summed E-state index contributed by atoms with van der Waals surface area (Å²) in [6, 6.07) is 0. The third-order valence-corrected chi connectivity index (χ3v) is 2.81. The molecule has 2 N–H and O–H groups in total. The molecule has 1 heterocycles. The number of hydrogen-bond acceptors (Lipinski definition) is 4. The van der Waals surface area contributed by atoms with Crippen molar-refractivity contribution in [1.29, 1.82) is 0 Å². The Kier molecular flexibility index (Phi) is 4.26. The average Bonchev–Trinajstić information content (AvgIpc) is 2.55. The van der Waals surface area contributed by atoms with E-state index in [0.717, 1.165) is 0 Å². The molecule has 0 aromatic heterocycles. The predicted octanol–water partition coefficient (Wildman–Crippen LogP) is -0.498. The third-order valence-electron chi connectivity index (χ3n) is 2.81. The van der Waals surface area contributed by atoms with Gasteiger partial charge in [0.05, 0.1) is 19.3 Å². The molecule has 1 aliphatic heterocycles. The van der Waals surface area contributed by atoms with Crippen molar-refractivity contribution in [2.75, 3.05) is 27.4 Å². The van der Waals surface area contributed by atoms with Gasteiger partial charge in [0.25, 0.3) is 5.91 Å². The lowest BCUT2D eigenvalue weighted by molar-refractivity contribution is -0.127. The first kappa shape index (κ1) is 12.9. The Labute approximate surface area is 95.4 Å². The molecule has 0 radical (unpaired) electrons. The summed E-state index contributed by atoms with van der Waals surface area (Å²) in [4.78, 5) is 15.9. The highest BCUT2D eigenvalue weighted by Gasteiger charge is 2.45. The molecule has 1 rings (SSSR count). The van der Waals surface area contributed by atoms with Gasteiger partial charge in [-0.25, -0.2) is 0 Å². The molecule has 1 aliphatic rings. The van der Waals surface area contributed by atoms with Crippen LogP contribution >= 0.6 is 0 Å². The standard InChI is InChI=1S/C10H19N3O3/c1-7(16-4)10(2)8(14)12-9(13-10)11-5-6-15-3/h7H,5-6H2,1-4H3,(H2,11,12,13,14). The van der Waals surface area contributed by atoms with Crippen LogP contribution < -0.4 is 10.6 Å². The lowest BCUT2D eigenvalue weighted by Crippen LogP contribution is -2.53. The smallest absolute Gasteiger partial charge is 0.254 e. The van der Waals surface area contributed by atoms with E-state index in [4.69, 9.17) is 9.47 Å². The monoisotopic (exact) mass is 229 g/mol. The summed E-state index contributed by atoms with van der Waals surface area (Å²) in [5.74, 6) is 0.353. The van der Waals surface area contributed by atoms with Gasteiger partial charge in [0.1, 0.15) is 5.54 Å². The molecule has 0 spiro atoms. The van der Waals surface area contributed by atoms with Gasteiger partial charge in [-0.3, -0.25) is 15.1 Å². The second kappa shape index (κ2) is 5.27. The number of amides is 1. The van der Waals surface area contributed by atoms with Crippen LogP contribution in [0.2, 0.25) is 0 Å². The van der Waals surface area contributed by atoms with Gasteiger partial charge in [-0.2, -0.15) is 0 Å². The first-order valence-electron chi connectivity index (χ1n) is 5.20. The van der Waals surface area contributed by atoms with E-state index in [1.807, 2.05) is 6.92 Å². The molecule has 6 nitrogen and oxygen atoms in total. The number of methoxy groups -OCH3 is 2. The normalized spacial score (nSPS) is 29.0. The summed E-state index contributed by atoms with van der Waals surface area (Å²) in [6.07, 6.45) is -0.234. The SMILES string of the molecule is COCCN=C1NC(=O)C(C)(C(C)OC)N1. The quantitative estimate of drug-likeness (QED) is 0.624. The molecule has 1 fully saturated rings. The summed E-state index contributed by atoms with van der Waals surface area (Å²) < 4.78 is 10.1. The Hall–Kier alpha value is -1.14. The van der Waals surface area contributed by atoms with E-state index >= 15 is 0 Å². The Morgan fingerprint density at radius 2 is 2.19 bits per heavy atom. The summed E-state index contributed by atoms with van der Waals surface area (Å²) in [6.45, 7) is 4.66. The van der Waals surface area contributed by atoms with Crippen molar-refractivity contribution in [1.82, 2.24) is 10.6 Å². The van der Waals surface area contributed by atoms with E-state index in [1.165, 1.54) is 0 Å². The molecule has 1 saturated heterocycles. The van der Waals surface area contributed by atoms with Crippen LogP contribution in [0.1, 0.15) is 13.8 Å². The minimum Gasteiger partial charge on any atom is -0.383 e. The largest absolute Gasteiger partial charge is 0.383 e. The first-order valence-corrected chi connectivity index (χ1v) is 5.20. The van der Waals surface area contributed by atoms with Crippen LogP contribution in [0.5, 0.6) is 0 Å². The maximum Gasteiger partial charge on any atom is 0.254 e. The van der Waals surface area contributed by atoms with Crippen LogP contribution in [0.15, 0.2) is 4.99 Å². The topological polar surface area (TPSA) is 72.0 Å². The predicted molar refractivity (Wildman–Crippen MR) is 60.3 cm³/mol. The fraction of sp³-hybridized carbons (Fsp3) is 0.800. The van der Waals surface area contributed by atoms with E-state index < -0.39 is 5.54 Å². The van der Waals surface area contributed by atoms with Crippen LogP contribution in [0.4, 0.5) is 0 Å². The van der Waals surface area contributed by atoms with Crippen molar-refractivity contribution in [3.05, 3.63) is 0 Å². The zero-order chi connectivity index (χ0) is 12.2. The summed E-state index contributed by atoms with van der Waals surface area (Å²) in [5, 5.41) is 5.72. The number of hydrogen-bond donors (Lipinski definition) is 2. The molecule has 0 bridgehead atoms. The highest BCUT2D eigenvalue weighted by atomic mass is 16.5. The van der Waals surface area contributed by atoms with Gasteiger partial charge in [0.2, 0.25) is 0 Å². The molecular formula is C10H19N3O3. The van der Waals surface area contributed by atoms with Crippen molar-refractivity contribution in [3.63, 3.8) is 0 Å². The Morgan fingerprint density at radius 3 is 2.75 bits per heavy atom. The van der Waals surface area contributed by atoms with Crippen LogP contribution in [0, 0.1) is 0 Å². The molecule has 0 aromatic rings. The molecular weight excluding hydrogens is 210 g/mol. The van der Waals surface area contributed by atoms with Crippen molar-refractivity contribution in [2.24, 2.45) is 4.99 Å². The number of rotatable bonds is 5. The van der Waals surface area contributed by atoms with Crippen LogP contribution in [-0.4, -0.2) is 50.9 Å². The number of aliphatic imine (C=N–C) groups is 1. The number of ether oxygens (including phenoxy) is 2. The maximum atomic E-state index is 11.8. The van der Waals surface area contributed by atoms with Crippen LogP contribution in [0.3, 0.4) is 0 Å². The fourth-order valence-corrected chi connectivity index (χ4v) is 1.42. The molecule has 16 heavy (non-hydrogen) atoms. The lowest BCUT2D eigenvalue weighted by Gasteiger charge is -2.27. The highest BCUT2D eigenvalue weighted by Crippen LogP contribution is 2.16. The summed E-state index contributed by atoms with van der Waals surface area (Å²) in [7, 11) is 3.18. The van der Waals surface area contributed by atoms with Crippen molar-refractivity contribution in [3.8, 4) is 0 Å². The lowest BCUT2D eigenvalue weighted by atomic mass is 9.96. The Morgan fingerprint density at radius 1 is 1.50 bits per heavy atom. The Bertz CT molecular complexity index is 293. The van der Waals surface area contributed by atoms with Gasteiger partial charge in [0.15, 0.2) is 5.96 Å². The number of guanidine groups is 1. The second-order valence-corrected chi connectivity index (χ2v) is 3.88. The minimum absolute atomic E-state index is 0.127. The molecule has 1 amide bonds.